The van der Waals surface area contributed by atoms with Crippen LogP contribution in [0.4, 0.5) is 0 Å². The van der Waals surface area contributed by atoms with Gasteiger partial charge in [-0.1, -0.05) is 12.1 Å². The first-order valence-corrected chi connectivity index (χ1v) is 12.5. The molecule has 2 aliphatic heterocycles. The van der Waals surface area contributed by atoms with Crippen LogP contribution in [-0.2, 0) is 16.1 Å². The average Bonchev–Trinajstić information content (AvgIpc) is 3.64. The number of aromatic nitrogens is 2. The molecule has 1 aromatic heterocycles. The molecule has 2 saturated heterocycles. The summed E-state index contributed by atoms with van der Waals surface area (Å²) in [6, 6.07) is 14.0. The van der Waals surface area contributed by atoms with E-state index in [2.05, 4.69) is 82.1 Å². The van der Waals surface area contributed by atoms with Gasteiger partial charge in [0.25, 0.3) is 0 Å². The molecule has 2 aromatic carbocycles. The number of carbonyl (C=O) groups excluding carboxylic acids is 1. The van der Waals surface area contributed by atoms with Crippen LogP contribution >= 0.6 is 0 Å². The number of primary amides is 1. The molecule has 1 amide bonds. The van der Waals surface area contributed by atoms with Crippen LogP contribution in [0.3, 0.4) is 0 Å². The number of carbonyl (C=O) groups is 1. The van der Waals surface area contributed by atoms with Crippen LogP contribution in [-0.4, -0.2) is 66.4 Å². The number of nitrogens with one attached hydrogen (secondary N) is 1. The third-order valence-electron chi connectivity index (χ3n) is 6.78. The lowest BCUT2D eigenvalue weighted by Gasteiger charge is -2.19. The zero-order valence-corrected chi connectivity index (χ0v) is 21.4. The van der Waals surface area contributed by atoms with Gasteiger partial charge in [-0.15, -0.1) is 0 Å². The molecule has 5 rings (SSSR count). The quantitative estimate of drug-likeness (QED) is 0.493. The molecule has 192 valence electrons. The van der Waals surface area contributed by atoms with Crippen molar-refractivity contribution in [2.75, 3.05) is 33.4 Å². The maximum Gasteiger partial charge on any atom is 0.204 e. The molecule has 0 radical (unpaired) electrons. The Morgan fingerprint density at radius 3 is 2.69 bits per heavy atom. The first-order valence-electron chi connectivity index (χ1n) is 12.5. The SMILES string of the molecule is CNC1CCN(Cc2cc(-c3ccc(C)c(OC4CCOC4)c3)cc(-n3cnc(C)c3)c2)C1.NC=O. The standard InChI is InChI=1S/C27H34N4O2.CH3NO/c1-19-4-5-22(13-27(19)33-26-7-9-32-17-26)23-10-21(15-30-8-6-24(16-30)28-3)11-25(12-23)31-14-20(2)29-18-31;2-1-3/h4-5,10-14,18,24,26,28H,6-9,15-17H2,1-3H3;1H,(H2,2,3). The van der Waals surface area contributed by atoms with E-state index in [1.807, 2.05) is 13.3 Å². The van der Waals surface area contributed by atoms with Crippen molar-refractivity contribution in [1.29, 1.82) is 0 Å². The van der Waals surface area contributed by atoms with Crippen LogP contribution in [0.2, 0.25) is 0 Å². The number of aryl methyl sites for hydroxylation is 2. The Kier molecular flexibility index (Phi) is 8.74. The van der Waals surface area contributed by atoms with Crippen LogP contribution < -0.4 is 15.8 Å². The van der Waals surface area contributed by atoms with Crippen molar-refractivity contribution in [2.24, 2.45) is 5.73 Å². The highest BCUT2D eigenvalue weighted by molar-refractivity contribution is 5.69. The molecular weight excluding hydrogens is 454 g/mol. The zero-order valence-electron chi connectivity index (χ0n) is 21.4. The van der Waals surface area contributed by atoms with Gasteiger partial charge in [0.05, 0.1) is 25.2 Å². The second-order valence-electron chi connectivity index (χ2n) is 9.54. The Labute approximate surface area is 213 Å². The number of nitrogens with zero attached hydrogens (tertiary/aromatic N) is 3. The fourth-order valence-electron chi connectivity index (χ4n) is 4.81. The highest BCUT2D eigenvalue weighted by atomic mass is 16.5. The summed E-state index contributed by atoms with van der Waals surface area (Å²) in [6.07, 6.45) is 6.53. The van der Waals surface area contributed by atoms with Crippen LogP contribution in [0.25, 0.3) is 16.8 Å². The van der Waals surface area contributed by atoms with Gasteiger partial charge in [0.2, 0.25) is 6.41 Å². The lowest BCUT2D eigenvalue weighted by atomic mass is 10.00. The number of likely N-dealkylation sites (tertiary alicyclic amines) is 1. The Hall–Kier alpha value is -3.20. The van der Waals surface area contributed by atoms with Crippen LogP contribution in [0, 0.1) is 13.8 Å². The number of benzene rings is 2. The van der Waals surface area contributed by atoms with E-state index in [1.54, 1.807) is 0 Å². The number of amides is 1. The Balaban J connectivity index is 0.000000967. The summed E-state index contributed by atoms with van der Waals surface area (Å²) < 4.78 is 13.9. The first kappa shape index (κ1) is 25.9. The molecule has 3 heterocycles. The predicted molar refractivity (Wildman–Crippen MR) is 141 cm³/mol. The number of imidazole rings is 1. The summed E-state index contributed by atoms with van der Waals surface area (Å²) in [4.78, 5) is 15.6. The fraction of sp³-hybridized carbons (Fsp3) is 0.429. The van der Waals surface area contributed by atoms with Gasteiger partial charge in [-0.3, -0.25) is 9.69 Å². The van der Waals surface area contributed by atoms with Gasteiger partial charge in [-0.25, -0.2) is 4.98 Å². The molecule has 8 heteroatoms. The van der Waals surface area contributed by atoms with E-state index in [1.165, 1.54) is 23.1 Å². The molecular formula is C28H37N5O3. The minimum absolute atomic E-state index is 0.144. The average molecular weight is 492 g/mol. The van der Waals surface area contributed by atoms with Crippen LogP contribution in [0.15, 0.2) is 48.9 Å². The smallest absolute Gasteiger partial charge is 0.204 e. The van der Waals surface area contributed by atoms with Crippen molar-refractivity contribution in [3.63, 3.8) is 0 Å². The Bertz CT molecular complexity index is 1160. The van der Waals surface area contributed by atoms with Crippen molar-refractivity contribution in [1.82, 2.24) is 19.8 Å². The predicted octanol–water partition coefficient (Wildman–Crippen LogP) is 3.22. The number of likely N-dealkylation sites (N-methyl/N-ethyl adjacent to an activating group) is 1. The molecule has 0 aliphatic carbocycles. The Morgan fingerprint density at radius 1 is 1.19 bits per heavy atom. The molecule has 0 bridgehead atoms. The van der Waals surface area contributed by atoms with E-state index in [4.69, 9.17) is 14.3 Å². The topological polar surface area (TPSA) is 94.6 Å². The third kappa shape index (κ3) is 6.51. The largest absolute Gasteiger partial charge is 0.488 e. The van der Waals surface area contributed by atoms with Crippen molar-refractivity contribution in [3.05, 3.63) is 65.7 Å². The lowest BCUT2D eigenvalue weighted by molar-refractivity contribution is -0.106. The second-order valence-corrected chi connectivity index (χ2v) is 9.54. The van der Waals surface area contributed by atoms with E-state index in [0.717, 1.165) is 55.4 Å². The maximum absolute atomic E-state index is 8.58. The van der Waals surface area contributed by atoms with Crippen molar-refractivity contribution in [2.45, 2.75) is 45.4 Å². The van der Waals surface area contributed by atoms with Gasteiger partial charge in [0.1, 0.15) is 11.9 Å². The second kappa shape index (κ2) is 12.2. The van der Waals surface area contributed by atoms with Crippen molar-refractivity contribution < 1.29 is 14.3 Å². The number of rotatable bonds is 7. The number of hydrogen-bond donors (Lipinski definition) is 2. The molecule has 3 N–H and O–H groups in total. The minimum Gasteiger partial charge on any atom is -0.488 e. The van der Waals surface area contributed by atoms with Gasteiger partial charge in [-0.05, 0) is 73.8 Å². The molecule has 2 aliphatic rings. The number of nitrogens with two attached hydrogens (primary N) is 1. The maximum atomic E-state index is 8.58. The molecule has 2 atom stereocenters. The van der Waals surface area contributed by atoms with Gasteiger partial charge in [0, 0.05) is 44.0 Å². The third-order valence-corrected chi connectivity index (χ3v) is 6.78. The van der Waals surface area contributed by atoms with E-state index in [-0.39, 0.29) is 12.5 Å². The summed E-state index contributed by atoms with van der Waals surface area (Å²) in [5.41, 5.74) is 11.2. The van der Waals surface area contributed by atoms with Crippen molar-refractivity contribution >= 4 is 6.41 Å². The number of hydrogen-bond acceptors (Lipinski definition) is 6. The zero-order chi connectivity index (χ0) is 25.5. The van der Waals surface area contributed by atoms with E-state index in [9.17, 15) is 0 Å². The monoisotopic (exact) mass is 491 g/mol. The van der Waals surface area contributed by atoms with E-state index < -0.39 is 0 Å². The van der Waals surface area contributed by atoms with E-state index >= 15 is 0 Å². The summed E-state index contributed by atoms with van der Waals surface area (Å²) in [7, 11) is 2.06. The molecule has 2 fully saturated rings. The highest BCUT2D eigenvalue weighted by Crippen LogP contribution is 2.31. The van der Waals surface area contributed by atoms with Gasteiger partial charge < -0.3 is 25.1 Å². The van der Waals surface area contributed by atoms with Gasteiger partial charge >= 0.3 is 0 Å². The molecule has 0 spiro atoms. The number of ether oxygens (including phenoxy) is 2. The van der Waals surface area contributed by atoms with Gasteiger partial charge in [-0.2, -0.15) is 0 Å². The molecule has 0 saturated carbocycles. The molecule has 2 unspecified atom stereocenters. The van der Waals surface area contributed by atoms with Gasteiger partial charge in [0.15, 0.2) is 0 Å². The van der Waals surface area contributed by atoms with Crippen LogP contribution in [0.5, 0.6) is 5.75 Å². The van der Waals surface area contributed by atoms with E-state index in [0.29, 0.717) is 12.6 Å². The molecule has 3 aromatic rings. The molecule has 8 nitrogen and oxygen atoms in total. The van der Waals surface area contributed by atoms with Crippen molar-refractivity contribution in [3.8, 4) is 22.6 Å². The summed E-state index contributed by atoms with van der Waals surface area (Å²) >= 11 is 0. The fourth-order valence-corrected chi connectivity index (χ4v) is 4.81. The summed E-state index contributed by atoms with van der Waals surface area (Å²) in [5.74, 6) is 0.949. The minimum atomic E-state index is 0.144. The highest BCUT2D eigenvalue weighted by Gasteiger charge is 2.22. The summed E-state index contributed by atoms with van der Waals surface area (Å²) in [6.45, 7) is 8.75. The van der Waals surface area contributed by atoms with Crippen LogP contribution in [0.1, 0.15) is 29.7 Å². The first-order chi connectivity index (χ1) is 17.5. The Morgan fingerprint density at radius 2 is 2.03 bits per heavy atom. The normalized spacial score (nSPS) is 19.6. The summed E-state index contributed by atoms with van der Waals surface area (Å²) in [5, 5.41) is 3.42. The molecule has 36 heavy (non-hydrogen) atoms. The lowest BCUT2D eigenvalue weighted by Crippen LogP contribution is -2.29.